The van der Waals surface area contributed by atoms with Gasteiger partial charge in [-0.2, -0.15) is 4.98 Å². The third-order valence-electron chi connectivity index (χ3n) is 4.31. The van der Waals surface area contributed by atoms with E-state index in [1.165, 1.54) is 21.9 Å². The number of aromatic nitrogens is 2. The molecule has 0 aliphatic heterocycles. The molecule has 1 N–H and O–H groups in total. The van der Waals surface area contributed by atoms with Gasteiger partial charge in [0.2, 0.25) is 27.6 Å². The van der Waals surface area contributed by atoms with E-state index in [1.807, 2.05) is 49.6 Å². The summed E-state index contributed by atoms with van der Waals surface area (Å²) in [5.74, 6) is 0.603. The average Bonchev–Trinajstić information content (AvgIpc) is 3.32. The Morgan fingerprint density at radius 1 is 1.23 bits per heavy atom. The second-order valence-corrected chi connectivity index (χ2v) is 9.90. The van der Waals surface area contributed by atoms with Crippen LogP contribution in [0.2, 0.25) is 0 Å². The number of sulfonamides is 1. The lowest BCUT2D eigenvalue weighted by atomic mass is 10.1. The molecule has 8 nitrogen and oxygen atoms in total. The fraction of sp³-hybridized carbons (Fsp3) is 0.350. The van der Waals surface area contributed by atoms with E-state index in [9.17, 15) is 13.2 Å². The van der Waals surface area contributed by atoms with Gasteiger partial charge in [0, 0.05) is 13.0 Å². The summed E-state index contributed by atoms with van der Waals surface area (Å²) in [6, 6.07) is 9.43. The molecule has 0 atom stereocenters. The molecule has 30 heavy (non-hydrogen) atoms. The number of thiophene rings is 1. The van der Waals surface area contributed by atoms with Crippen LogP contribution in [0.25, 0.3) is 10.7 Å². The number of anilines is 1. The molecule has 0 spiro atoms. The van der Waals surface area contributed by atoms with Crippen LogP contribution in [0.1, 0.15) is 29.9 Å². The van der Waals surface area contributed by atoms with Gasteiger partial charge in [0.15, 0.2) is 0 Å². The summed E-state index contributed by atoms with van der Waals surface area (Å²) >= 11 is 1.50. The van der Waals surface area contributed by atoms with Gasteiger partial charge in [-0.05, 0) is 55.0 Å². The molecular weight excluding hydrogens is 424 g/mol. The summed E-state index contributed by atoms with van der Waals surface area (Å²) in [6.45, 7) is 4.19. The Morgan fingerprint density at radius 3 is 2.60 bits per heavy atom. The van der Waals surface area contributed by atoms with Gasteiger partial charge >= 0.3 is 0 Å². The number of rotatable bonds is 9. The number of aryl methyl sites for hydroxylation is 2. The van der Waals surface area contributed by atoms with E-state index in [1.54, 1.807) is 0 Å². The maximum Gasteiger partial charge on any atom is 0.246 e. The topological polar surface area (TPSA) is 105 Å². The molecule has 160 valence electrons. The lowest BCUT2D eigenvalue weighted by Gasteiger charge is -2.23. The molecule has 0 saturated heterocycles. The van der Waals surface area contributed by atoms with Crippen LogP contribution in [0.4, 0.5) is 5.69 Å². The molecule has 2 aromatic heterocycles. The van der Waals surface area contributed by atoms with E-state index in [-0.39, 0.29) is 25.4 Å². The van der Waals surface area contributed by atoms with Crippen LogP contribution >= 0.6 is 11.3 Å². The van der Waals surface area contributed by atoms with Crippen LogP contribution in [0.5, 0.6) is 0 Å². The fourth-order valence-electron chi connectivity index (χ4n) is 3.06. The van der Waals surface area contributed by atoms with Gasteiger partial charge in [-0.25, -0.2) is 8.42 Å². The van der Waals surface area contributed by atoms with E-state index >= 15 is 0 Å². The molecule has 0 aliphatic rings. The lowest BCUT2D eigenvalue weighted by Crippen LogP contribution is -2.32. The highest BCUT2D eigenvalue weighted by molar-refractivity contribution is 7.92. The maximum atomic E-state index is 12.2. The summed E-state index contributed by atoms with van der Waals surface area (Å²) in [4.78, 5) is 17.3. The first-order valence-electron chi connectivity index (χ1n) is 9.41. The third-order valence-corrected chi connectivity index (χ3v) is 6.37. The van der Waals surface area contributed by atoms with Crippen LogP contribution in [0.15, 0.2) is 40.2 Å². The largest absolute Gasteiger partial charge is 0.347 e. The van der Waals surface area contributed by atoms with Crippen molar-refractivity contribution in [3.05, 3.63) is 52.7 Å². The molecule has 3 aromatic rings. The zero-order valence-corrected chi connectivity index (χ0v) is 18.7. The first-order chi connectivity index (χ1) is 14.2. The van der Waals surface area contributed by atoms with Crippen molar-refractivity contribution in [2.75, 3.05) is 17.1 Å². The van der Waals surface area contributed by atoms with Crippen molar-refractivity contribution in [3.63, 3.8) is 0 Å². The van der Waals surface area contributed by atoms with Gasteiger partial charge < -0.3 is 9.84 Å². The highest BCUT2D eigenvalue weighted by Crippen LogP contribution is 2.22. The van der Waals surface area contributed by atoms with E-state index in [0.717, 1.165) is 16.0 Å². The van der Waals surface area contributed by atoms with Gasteiger partial charge in [-0.1, -0.05) is 17.3 Å². The summed E-state index contributed by atoms with van der Waals surface area (Å²) in [5.41, 5.74) is 2.58. The molecule has 0 saturated carbocycles. The number of carbonyl (C=O) groups excluding carboxylic acids is 1. The second-order valence-electron chi connectivity index (χ2n) is 7.05. The third kappa shape index (κ3) is 5.90. The predicted molar refractivity (Wildman–Crippen MR) is 117 cm³/mol. The molecule has 1 amide bonds. The number of hydrogen-bond acceptors (Lipinski definition) is 7. The van der Waals surface area contributed by atoms with Gasteiger partial charge in [-0.15, -0.1) is 11.3 Å². The molecule has 0 radical (unpaired) electrons. The van der Waals surface area contributed by atoms with Crippen molar-refractivity contribution in [1.82, 2.24) is 15.5 Å². The molecule has 0 bridgehead atoms. The average molecular weight is 449 g/mol. The van der Waals surface area contributed by atoms with Crippen molar-refractivity contribution in [2.24, 2.45) is 0 Å². The van der Waals surface area contributed by atoms with Crippen molar-refractivity contribution in [1.29, 1.82) is 0 Å². The van der Waals surface area contributed by atoms with E-state index in [0.29, 0.717) is 23.8 Å². The van der Waals surface area contributed by atoms with Crippen molar-refractivity contribution in [2.45, 2.75) is 33.2 Å². The van der Waals surface area contributed by atoms with Gasteiger partial charge in [0.25, 0.3) is 0 Å². The Bertz CT molecular complexity index is 1090. The maximum absolute atomic E-state index is 12.2. The summed E-state index contributed by atoms with van der Waals surface area (Å²) < 4.78 is 31.0. The van der Waals surface area contributed by atoms with E-state index in [2.05, 4.69) is 15.5 Å². The summed E-state index contributed by atoms with van der Waals surface area (Å²) in [7, 11) is -3.45. The number of benzene rings is 1. The highest BCUT2D eigenvalue weighted by Gasteiger charge is 2.18. The Labute approximate surface area is 180 Å². The molecular formula is C20H24N4O4S2. The first kappa shape index (κ1) is 22.0. The number of nitrogens with one attached hydrogen (secondary N) is 1. The molecule has 10 heteroatoms. The second kappa shape index (κ2) is 9.40. The molecule has 0 unspecified atom stereocenters. The SMILES string of the molecule is Cc1cc(C)cc(N(CCCC(=O)NCc2nc(-c3cccs3)no2)S(C)(=O)=O)c1. The minimum absolute atomic E-state index is 0.129. The molecule has 3 rings (SSSR count). The van der Waals surface area contributed by atoms with E-state index < -0.39 is 10.0 Å². The Kier molecular flexibility index (Phi) is 6.88. The van der Waals surface area contributed by atoms with Crippen LogP contribution < -0.4 is 9.62 Å². The van der Waals surface area contributed by atoms with Gasteiger partial charge in [0.05, 0.1) is 23.4 Å². The van der Waals surface area contributed by atoms with Crippen LogP contribution in [-0.2, 0) is 21.4 Å². The highest BCUT2D eigenvalue weighted by atomic mass is 32.2. The zero-order chi connectivity index (χ0) is 21.7. The van der Waals surface area contributed by atoms with Crippen LogP contribution in [0, 0.1) is 13.8 Å². The lowest BCUT2D eigenvalue weighted by molar-refractivity contribution is -0.121. The number of hydrogen-bond donors (Lipinski definition) is 1. The zero-order valence-electron chi connectivity index (χ0n) is 17.1. The Balaban J connectivity index is 1.52. The minimum Gasteiger partial charge on any atom is -0.347 e. The Hall–Kier alpha value is -2.72. The van der Waals surface area contributed by atoms with Crippen molar-refractivity contribution in [3.8, 4) is 10.7 Å². The summed E-state index contributed by atoms with van der Waals surface area (Å²) in [6.07, 6.45) is 1.74. The predicted octanol–water partition coefficient (Wildman–Crippen LogP) is 3.28. The van der Waals surface area contributed by atoms with Gasteiger partial charge in [0.1, 0.15) is 0 Å². The quantitative estimate of drug-likeness (QED) is 0.539. The standard InChI is InChI=1S/C20H24N4O4S2/c1-14-10-15(2)12-16(11-14)24(30(3,26)27)8-4-7-18(25)21-13-19-22-20(23-28-19)17-6-5-9-29-17/h5-6,9-12H,4,7-8,13H2,1-3H3,(H,21,25). The smallest absolute Gasteiger partial charge is 0.246 e. The monoisotopic (exact) mass is 448 g/mol. The number of carbonyl (C=O) groups is 1. The summed E-state index contributed by atoms with van der Waals surface area (Å²) in [5, 5.41) is 8.55. The minimum atomic E-state index is -3.45. The van der Waals surface area contributed by atoms with E-state index in [4.69, 9.17) is 4.52 Å². The number of nitrogens with zero attached hydrogens (tertiary/aromatic N) is 3. The van der Waals surface area contributed by atoms with Crippen LogP contribution in [0.3, 0.4) is 0 Å². The van der Waals surface area contributed by atoms with Gasteiger partial charge in [-0.3, -0.25) is 9.10 Å². The molecule has 0 fully saturated rings. The Morgan fingerprint density at radius 2 is 1.97 bits per heavy atom. The van der Waals surface area contributed by atoms with Crippen LogP contribution in [-0.4, -0.2) is 37.3 Å². The molecule has 0 aliphatic carbocycles. The van der Waals surface area contributed by atoms with Crippen molar-refractivity contribution < 1.29 is 17.7 Å². The van der Waals surface area contributed by atoms with Crippen molar-refractivity contribution >= 4 is 33.0 Å². The first-order valence-corrected chi connectivity index (χ1v) is 12.1. The molecule has 1 aromatic carbocycles. The molecule has 2 heterocycles. The normalized spacial score (nSPS) is 11.4. The fourth-order valence-corrected chi connectivity index (χ4v) is 4.66. The number of amides is 1.